The molecule has 0 N–H and O–H groups in total. The SMILES string of the molecule is CCOP(=O)(CP1(=O)OC=CCO1)OCC. The molecule has 8 heteroatoms. The van der Waals surface area contributed by atoms with Gasteiger partial charge in [-0.1, -0.05) is 0 Å². The van der Waals surface area contributed by atoms with Gasteiger partial charge in [0, 0.05) is 0 Å². The third-order valence-electron chi connectivity index (χ3n) is 1.68. The van der Waals surface area contributed by atoms with Gasteiger partial charge in [-0.25, -0.2) is 4.57 Å². The number of rotatable bonds is 6. The van der Waals surface area contributed by atoms with Crippen LogP contribution in [0, 0.1) is 0 Å². The molecule has 16 heavy (non-hydrogen) atoms. The second kappa shape index (κ2) is 5.99. The molecule has 6 nitrogen and oxygen atoms in total. The highest BCUT2D eigenvalue weighted by atomic mass is 31.2. The lowest BCUT2D eigenvalue weighted by Crippen LogP contribution is -2.06. The first-order valence-electron chi connectivity index (χ1n) is 4.99. The predicted octanol–water partition coefficient (Wildman–Crippen LogP) is 2.96. The lowest BCUT2D eigenvalue weighted by atomic mass is 10.7. The van der Waals surface area contributed by atoms with Gasteiger partial charge in [-0.3, -0.25) is 9.09 Å². The number of hydrogen-bond acceptors (Lipinski definition) is 6. The lowest BCUT2D eigenvalue weighted by Gasteiger charge is -2.23. The van der Waals surface area contributed by atoms with Gasteiger partial charge in [0.2, 0.25) is 0 Å². The van der Waals surface area contributed by atoms with Crippen LogP contribution in [0.1, 0.15) is 13.8 Å². The second-order valence-corrected chi connectivity index (χ2v) is 7.53. The van der Waals surface area contributed by atoms with Gasteiger partial charge in [0.25, 0.3) is 0 Å². The van der Waals surface area contributed by atoms with Crippen LogP contribution in [0.2, 0.25) is 0 Å². The van der Waals surface area contributed by atoms with E-state index in [4.69, 9.17) is 18.1 Å². The van der Waals surface area contributed by atoms with E-state index in [0.717, 1.165) is 0 Å². The Labute approximate surface area is 95.0 Å². The Morgan fingerprint density at radius 3 is 2.44 bits per heavy atom. The fourth-order valence-corrected chi connectivity index (χ4v) is 5.61. The second-order valence-electron chi connectivity index (χ2n) is 2.97. The van der Waals surface area contributed by atoms with E-state index in [1.54, 1.807) is 19.9 Å². The Morgan fingerprint density at radius 1 is 1.38 bits per heavy atom. The zero-order valence-electron chi connectivity index (χ0n) is 9.33. The summed E-state index contributed by atoms with van der Waals surface area (Å²) in [4.78, 5) is 0. The van der Waals surface area contributed by atoms with E-state index >= 15 is 0 Å². The van der Waals surface area contributed by atoms with Crippen LogP contribution in [0.3, 0.4) is 0 Å². The Bertz CT molecular complexity index is 329. The summed E-state index contributed by atoms with van der Waals surface area (Å²) in [6.45, 7) is 3.98. The molecule has 0 fully saturated rings. The molecule has 0 aliphatic carbocycles. The van der Waals surface area contributed by atoms with E-state index in [1.807, 2.05) is 0 Å². The normalized spacial score (nSPS) is 25.4. The van der Waals surface area contributed by atoms with Crippen molar-refractivity contribution in [2.75, 3.05) is 25.7 Å². The standard InChI is InChI=1S/C8H16O6P2/c1-3-11-15(9,12-4-2)8-16(10)13-6-5-7-14-16/h5-6H,3-4,7-8H2,1-2H3. The first-order valence-corrected chi connectivity index (χ1v) is 8.44. The van der Waals surface area contributed by atoms with Crippen molar-refractivity contribution in [3.8, 4) is 0 Å². The van der Waals surface area contributed by atoms with E-state index in [1.165, 1.54) is 6.26 Å². The third kappa shape index (κ3) is 4.04. The summed E-state index contributed by atoms with van der Waals surface area (Å²) in [6, 6.07) is 0. The molecule has 0 radical (unpaired) electrons. The summed E-state index contributed by atoms with van der Waals surface area (Å²) in [7, 11) is -6.79. The Hall–Kier alpha value is -0.120. The van der Waals surface area contributed by atoms with Gasteiger partial charge in [-0.2, -0.15) is 0 Å². The molecule has 1 heterocycles. The highest BCUT2D eigenvalue weighted by Crippen LogP contribution is 2.64. The largest absolute Gasteiger partial charge is 0.432 e. The molecule has 0 aromatic rings. The van der Waals surface area contributed by atoms with Crippen molar-refractivity contribution in [1.82, 2.24) is 0 Å². The summed E-state index contributed by atoms with van der Waals surface area (Å²) >= 11 is 0. The Kier molecular flexibility index (Phi) is 5.22. The monoisotopic (exact) mass is 270 g/mol. The van der Waals surface area contributed by atoms with Crippen LogP contribution >= 0.6 is 15.2 Å². The van der Waals surface area contributed by atoms with E-state index in [9.17, 15) is 9.13 Å². The van der Waals surface area contributed by atoms with Gasteiger partial charge in [-0.15, -0.1) is 0 Å². The molecule has 0 aromatic carbocycles. The molecule has 1 rings (SSSR count). The summed E-state index contributed by atoms with van der Waals surface area (Å²) in [5.74, 6) is -0.355. The summed E-state index contributed by atoms with van der Waals surface area (Å²) in [6.07, 6.45) is 2.86. The fraction of sp³-hybridized carbons (Fsp3) is 0.750. The van der Waals surface area contributed by atoms with Crippen molar-refractivity contribution in [2.45, 2.75) is 13.8 Å². The van der Waals surface area contributed by atoms with Crippen LogP contribution in [0.15, 0.2) is 12.3 Å². The quantitative estimate of drug-likeness (QED) is 0.691. The molecule has 94 valence electrons. The van der Waals surface area contributed by atoms with Gasteiger partial charge in [0.1, 0.15) is 0 Å². The highest BCUT2D eigenvalue weighted by molar-refractivity contribution is 7.71. The minimum Gasteiger partial charge on any atom is -0.432 e. The average Bonchev–Trinajstić information content (AvgIpc) is 2.17. The van der Waals surface area contributed by atoms with Crippen molar-refractivity contribution in [1.29, 1.82) is 0 Å². The highest BCUT2D eigenvalue weighted by Gasteiger charge is 2.39. The predicted molar refractivity (Wildman–Crippen MR) is 59.5 cm³/mol. The van der Waals surface area contributed by atoms with Crippen molar-refractivity contribution < 1.29 is 27.2 Å². The van der Waals surface area contributed by atoms with Crippen LogP contribution in [0.25, 0.3) is 0 Å². The van der Waals surface area contributed by atoms with Gasteiger partial charge in [0.15, 0.2) is 5.90 Å². The zero-order chi connectivity index (χ0) is 12.1. The summed E-state index contributed by atoms with van der Waals surface area (Å²) in [5.41, 5.74) is 0. The van der Waals surface area contributed by atoms with Crippen molar-refractivity contribution >= 4 is 15.2 Å². The number of hydrogen-bond donors (Lipinski definition) is 0. The van der Waals surface area contributed by atoms with Crippen LogP contribution in [-0.2, 0) is 27.2 Å². The molecular weight excluding hydrogens is 254 g/mol. The summed E-state index contributed by atoms with van der Waals surface area (Å²) < 4.78 is 43.9. The lowest BCUT2D eigenvalue weighted by molar-refractivity contribution is 0.216. The molecule has 0 bridgehead atoms. The minimum atomic E-state index is -3.40. The smallest absolute Gasteiger partial charge is 0.391 e. The van der Waals surface area contributed by atoms with Gasteiger partial charge in [-0.05, 0) is 19.9 Å². The molecule has 1 aliphatic rings. The molecule has 0 saturated carbocycles. The minimum absolute atomic E-state index is 0.176. The average molecular weight is 270 g/mol. The Balaban J connectivity index is 2.71. The van der Waals surface area contributed by atoms with Gasteiger partial charge in [0.05, 0.1) is 26.1 Å². The Morgan fingerprint density at radius 2 is 2.00 bits per heavy atom. The molecule has 0 amide bonds. The molecule has 1 atom stereocenters. The summed E-state index contributed by atoms with van der Waals surface area (Å²) in [5, 5.41) is 0. The molecular formula is C8H16O6P2. The first-order chi connectivity index (χ1) is 7.54. The molecule has 0 spiro atoms. The van der Waals surface area contributed by atoms with Crippen LogP contribution < -0.4 is 0 Å². The van der Waals surface area contributed by atoms with Crippen LogP contribution in [-0.4, -0.2) is 25.7 Å². The third-order valence-corrected chi connectivity index (χ3v) is 6.74. The van der Waals surface area contributed by atoms with E-state index in [2.05, 4.69) is 0 Å². The molecule has 0 aromatic heterocycles. The maximum absolute atomic E-state index is 12.1. The van der Waals surface area contributed by atoms with Gasteiger partial charge < -0.3 is 13.6 Å². The van der Waals surface area contributed by atoms with Gasteiger partial charge >= 0.3 is 15.2 Å². The maximum Gasteiger partial charge on any atom is 0.391 e. The maximum atomic E-state index is 12.1. The first kappa shape index (κ1) is 13.9. The van der Waals surface area contributed by atoms with E-state index < -0.39 is 15.2 Å². The topological polar surface area (TPSA) is 71.1 Å². The molecule has 0 saturated heterocycles. The van der Waals surface area contributed by atoms with Crippen molar-refractivity contribution in [3.63, 3.8) is 0 Å². The van der Waals surface area contributed by atoms with Crippen LogP contribution in [0.5, 0.6) is 0 Å². The molecule has 1 unspecified atom stereocenters. The van der Waals surface area contributed by atoms with Crippen molar-refractivity contribution in [2.24, 2.45) is 0 Å². The van der Waals surface area contributed by atoms with Crippen molar-refractivity contribution in [3.05, 3.63) is 12.3 Å². The molecule has 1 aliphatic heterocycles. The fourth-order valence-electron chi connectivity index (χ4n) is 1.16. The van der Waals surface area contributed by atoms with E-state index in [0.29, 0.717) is 0 Å². The van der Waals surface area contributed by atoms with Crippen LogP contribution in [0.4, 0.5) is 0 Å². The van der Waals surface area contributed by atoms with E-state index in [-0.39, 0.29) is 25.7 Å². The zero-order valence-corrected chi connectivity index (χ0v) is 11.1.